The molecule has 0 radical (unpaired) electrons. The summed E-state index contributed by atoms with van der Waals surface area (Å²) in [5.41, 5.74) is 19.8. The topological polar surface area (TPSA) is 3.24 Å². The standard InChI is InChI=1S/C60H43N/c1-5-20-44(21-6-1)49-28-19-29-50(40-49)47-36-38-53(39-37-47)61(54-42-51(45-22-7-2-8-23-45)41-52(43-54)46-24-9-3-10-25-46)60-35-18-17-34-59(60)58-33-16-15-32-57(58)56-31-14-13-30-55(56)48-26-11-4-12-27-48/h1-43H. The molecule has 0 fully saturated rings. The predicted molar refractivity (Wildman–Crippen MR) is 259 cm³/mol. The fourth-order valence-electron chi connectivity index (χ4n) is 8.51. The molecule has 0 aliphatic rings. The van der Waals surface area contributed by atoms with E-state index in [0.717, 1.165) is 33.8 Å². The molecular weight excluding hydrogens is 735 g/mol. The van der Waals surface area contributed by atoms with Crippen LogP contribution in [-0.4, -0.2) is 0 Å². The Bertz CT molecular complexity index is 2990. The molecule has 10 aromatic carbocycles. The van der Waals surface area contributed by atoms with Gasteiger partial charge in [0.2, 0.25) is 0 Å². The van der Waals surface area contributed by atoms with Crippen molar-refractivity contribution in [3.05, 3.63) is 261 Å². The van der Waals surface area contributed by atoms with Gasteiger partial charge in [0, 0.05) is 16.9 Å². The maximum absolute atomic E-state index is 2.44. The van der Waals surface area contributed by atoms with Crippen LogP contribution in [0.4, 0.5) is 17.1 Å². The first-order valence-electron chi connectivity index (χ1n) is 20.9. The van der Waals surface area contributed by atoms with Crippen molar-refractivity contribution in [3.63, 3.8) is 0 Å². The van der Waals surface area contributed by atoms with Gasteiger partial charge in [0.25, 0.3) is 0 Å². The molecule has 0 unspecified atom stereocenters. The first kappa shape index (κ1) is 37.3. The van der Waals surface area contributed by atoms with E-state index < -0.39 is 0 Å². The number of benzene rings is 10. The molecule has 0 bridgehead atoms. The molecule has 10 aromatic rings. The summed E-state index contributed by atoms with van der Waals surface area (Å²) in [7, 11) is 0. The van der Waals surface area contributed by atoms with Crippen molar-refractivity contribution in [1.29, 1.82) is 0 Å². The van der Waals surface area contributed by atoms with E-state index >= 15 is 0 Å². The Morgan fingerprint density at radius 2 is 0.525 bits per heavy atom. The third-order valence-corrected chi connectivity index (χ3v) is 11.5. The van der Waals surface area contributed by atoms with Crippen LogP contribution in [0.15, 0.2) is 261 Å². The van der Waals surface area contributed by atoms with E-state index in [1.165, 1.54) is 61.2 Å². The average molecular weight is 778 g/mol. The van der Waals surface area contributed by atoms with E-state index in [0.29, 0.717) is 0 Å². The van der Waals surface area contributed by atoms with Crippen molar-refractivity contribution in [3.8, 4) is 77.9 Å². The summed E-state index contributed by atoms with van der Waals surface area (Å²) in [5.74, 6) is 0. The van der Waals surface area contributed by atoms with Gasteiger partial charge in [0.05, 0.1) is 5.69 Å². The van der Waals surface area contributed by atoms with Crippen LogP contribution in [0.3, 0.4) is 0 Å². The van der Waals surface area contributed by atoms with Gasteiger partial charge in [0.1, 0.15) is 0 Å². The predicted octanol–water partition coefficient (Wildman–Crippen LogP) is 16.8. The molecule has 0 saturated heterocycles. The fourth-order valence-corrected chi connectivity index (χ4v) is 8.51. The lowest BCUT2D eigenvalue weighted by Crippen LogP contribution is -2.12. The summed E-state index contributed by atoms with van der Waals surface area (Å²) in [6.45, 7) is 0. The Morgan fingerprint density at radius 3 is 1.05 bits per heavy atom. The molecule has 0 N–H and O–H groups in total. The van der Waals surface area contributed by atoms with Gasteiger partial charge in [-0.05, 0) is 115 Å². The fraction of sp³-hybridized carbons (Fsp3) is 0. The van der Waals surface area contributed by atoms with Crippen molar-refractivity contribution in [1.82, 2.24) is 0 Å². The van der Waals surface area contributed by atoms with E-state index in [1.54, 1.807) is 0 Å². The Labute approximate surface area is 359 Å². The zero-order chi connectivity index (χ0) is 40.8. The number of anilines is 3. The molecule has 0 saturated carbocycles. The monoisotopic (exact) mass is 777 g/mol. The molecule has 1 nitrogen and oxygen atoms in total. The van der Waals surface area contributed by atoms with Gasteiger partial charge in [-0.1, -0.05) is 218 Å². The Morgan fingerprint density at radius 1 is 0.180 bits per heavy atom. The van der Waals surface area contributed by atoms with Gasteiger partial charge in [0.15, 0.2) is 0 Å². The highest BCUT2D eigenvalue weighted by molar-refractivity contribution is 5.98. The van der Waals surface area contributed by atoms with E-state index in [4.69, 9.17) is 0 Å². The van der Waals surface area contributed by atoms with Gasteiger partial charge in [-0.25, -0.2) is 0 Å². The summed E-state index contributed by atoms with van der Waals surface area (Å²) in [4.78, 5) is 2.44. The lowest BCUT2D eigenvalue weighted by molar-refractivity contribution is 1.28. The van der Waals surface area contributed by atoms with E-state index in [1.807, 2.05) is 0 Å². The highest BCUT2D eigenvalue weighted by Gasteiger charge is 2.21. The molecule has 10 rings (SSSR count). The van der Waals surface area contributed by atoms with Crippen LogP contribution >= 0.6 is 0 Å². The van der Waals surface area contributed by atoms with Gasteiger partial charge in [-0.3, -0.25) is 0 Å². The highest BCUT2D eigenvalue weighted by Crippen LogP contribution is 2.47. The highest BCUT2D eigenvalue weighted by atomic mass is 15.1. The molecule has 0 spiro atoms. The zero-order valence-corrected chi connectivity index (χ0v) is 33.8. The normalized spacial score (nSPS) is 11.0. The summed E-state index contributed by atoms with van der Waals surface area (Å²) in [5, 5.41) is 0. The molecule has 288 valence electrons. The van der Waals surface area contributed by atoms with Crippen LogP contribution < -0.4 is 4.90 Å². The third kappa shape index (κ3) is 7.81. The second kappa shape index (κ2) is 17.1. The first-order valence-corrected chi connectivity index (χ1v) is 20.9. The van der Waals surface area contributed by atoms with E-state index in [2.05, 4.69) is 266 Å². The van der Waals surface area contributed by atoms with Crippen LogP contribution in [-0.2, 0) is 0 Å². The van der Waals surface area contributed by atoms with Crippen molar-refractivity contribution >= 4 is 17.1 Å². The number of hydrogen-bond acceptors (Lipinski definition) is 1. The molecule has 0 aromatic heterocycles. The Balaban J connectivity index is 1.17. The molecule has 0 atom stereocenters. The second-order valence-corrected chi connectivity index (χ2v) is 15.3. The first-order chi connectivity index (χ1) is 30.3. The van der Waals surface area contributed by atoms with E-state index in [9.17, 15) is 0 Å². The summed E-state index contributed by atoms with van der Waals surface area (Å²) in [6.07, 6.45) is 0. The van der Waals surface area contributed by atoms with Crippen LogP contribution in [0.2, 0.25) is 0 Å². The second-order valence-electron chi connectivity index (χ2n) is 15.3. The number of hydrogen-bond donors (Lipinski definition) is 0. The number of rotatable bonds is 10. The Hall–Kier alpha value is -8.00. The van der Waals surface area contributed by atoms with Crippen LogP contribution in [0.1, 0.15) is 0 Å². The van der Waals surface area contributed by atoms with Gasteiger partial charge < -0.3 is 4.90 Å². The smallest absolute Gasteiger partial charge is 0.0540 e. The minimum atomic E-state index is 1.07. The van der Waals surface area contributed by atoms with Gasteiger partial charge in [-0.2, -0.15) is 0 Å². The SMILES string of the molecule is c1ccc(-c2cccc(-c3ccc(N(c4cc(-c5ccccc5)cc(-c5ccccc5)c4)c4ccccc4-c4ccccc4-c4ccccc4-c4ccccc4)cc3)c2)cc1. The summed E-state index contributed by atoms with van der Waals surface area (Å²) >= 11 is 0. The summed E-state index contributed by atoms with van der Waals surface area (Å²) < 4.78 is 0. The minimum absolute atomic E-state index is 1.07. The van der Waals surface area contributed by atoms with Crippen molar-refractivity contribution in [2.45, 2.75) is 0 Å². The van der Waals surface area contributed by atoms with Gasteiger partial charge >= 0.3 is 0 Å². The van der Waals surface area contributed by atoms with Gasteiger partial charge in [-0.15, -0.1) is 0 Å². The van der Waals surface area contributed by atoms with Crippen LogP contribution in [0.5, 0.6) is 0 Å². The minimum Gasteiger partial charge on any atom is -0.310 e. The molecule has 61 heavy (non-hydrogen) atoms. The van der Waals surface area contributed by atoms with Crippen LogP contribution in [0, 0.1) is 0 Å². The largest absolute Gasteiger partial charge is 0.310 e. The van der Waals surface area contributed by atoms with Crippen molar-refractivity contribution in [2.24, 2.45) is 0 Å². The lowest BCUT2D eigenvalue weighted by atomic mass is 9.88. The lowest BCUT2D eigenvalue weighted by Gasteiger charge is -2.30. The van der Waals surface area contributed by atoms with E-state index in [-0.39, 0.29) is 0 Å². The maximum atomic E-state index is 2.44. The van der Waals surface area contributed by atoms with Crippen molar-refractivity contribution < 1.29 is 0 Å². The Kier molecular flexibility index (Phi) is 10.4. The molecule has 0 heterocycles. The van der Waals surface area contributed by atoms with Crippen LogP contribution in [0.25, 0.3) is 77.9 Å². The summed E-state index contributed by atoms with van der Waals surface area (Å²) in [6, 6.07) is 94.1. The quantitative estimate of drug-likeness (QED) is 0.134. The zero-order valence-electron chi connectivity index (χ0n) is 33.8. The number of nitrogens with zero attached hydrogens (tertiary/aromatic N) is 1. The molecule has 1 heteroatoms. The molecule has 0 amide bonds. The molecule has 0 aliphatic heterocycles. The third-order valence-electron chi connectivity index (χ3n) is 11.5. The maximum Gasteiger partial charge on any atom is 0.0540 e. The number of para-hydroxylation sites is 1. The van der Waals surface area contributed by atoms with Crippen molar-refractivity contribution in [2.75, 3.05) is 4.90 Å². The molecule has 0 aliphatic carbocycles. The average Bonchev–Trinajstić information content (AvgIpc) is 3.35. The molecular formula is C60H43N.